The highest BCUT2D eigenvalue weighted by atomic mass is 79.9. The molecule has 6 nitrogen and oxygen atoms in total. The fourth-order valence-corrected chi connectivity index (χ4v) is 5.20. The largest absolute Gasteiger partial charge is 0.446 e. The number of rotatable bonds is 7. The maximum absolute atomic E-state index is 14.2. The predicted molar refractivity (Wildman–Crippen MR) is 144 cm³/mol. The van der Waals surface area contributed by atoms with Gasteiger partial charge >= 0.3 is 6.09 Å². The molecule has 2 atom stereocenters. The molecule has 0 spiro atoms. The minimum atomic E-state index is -1.12. The van der Waals surface area contributed by atoms with Crippen molar-refractivity contribution in [3.05, 3.63) is 87.4 Å². The Morgan fingerprint density at radius 3 is 2.42 bits per heavy atom. The van der Waals surface area contributed by atoms with Crippen LogP contribution in [0.2, 0.25) is 0 Å². The molecule has 2 aliphatic heterocycles. The first-order valence-corrected chi connectivity index (χ1v) is 12.9. The fourth-order valence-electron chi connectivity index (χ4n) is 4.85. The van der Waals surface area contributed by atoms with Gasteiger partial charge in [0.1, 0.15) is 12.6 Å². The first kappa shape index (κ1) is 25.9. The first-order valence-electron chi connectivity index (χ1n) is 12.1. The molecule has 7 heteroatoms. The number of halogens is 1. The molecule has 0 aromatic heterocycles. The van der Waals surface area contributed by atoms with E-state index >= 15 is 0 Å². The summed E-state index contributed by atoms with van der Waals surface area (Å²) in [5.74, 6) is -0.553. The zero-order valence-electron chi connectivity index (χ0n) is 21.1. The van der Waals surface area contributed by atoms with Gasteiger partial charge in [0.2, 0.25) is 11.8 Å². The molecule has 0 saturated carbocycles. The number of benzene rings is 2. The number of amides is 3. The molecule has 2 aliphatic rings. The van der Waals surface area contributed by atoms with E-state index in [1.807, 2.05) is 88.4 Å². The normalized spacial score (nSPS) is 20.8. The molecule has 0 unspecified atom stereocenters. The fraction of sp³-hybridized carbons (Fsp3) is 0.345. The van der Waals surface area contributed by atoms with E-state index in [9.17, 15) is 14.4 Å². The second-order valence-electron chi connectivity index (χ2n) is 9.87. The third-order valence-electron chi connectivity index (χ3n) is 6.74. The van der Waals surface area contributed by atoms with Crippen molar-refractivity contribution >= 4 is 39.5 Å². The summed E-state index contributed by atoms with van der Waals surface area (Å²) in [5.41, 5.74) is 3.44. The van der Waals surface area contributed by atoms with Crippen molar-refractivity contribution in [3.8, 4) is 0 Å². The van der Waals surface area contributed by atoms with Crippen molar-refractivity contribution in [1.29, 1.82) is 0 Å². The van der Waals surface area contributed by atoms with Gasteiger partial charge in [-0.1, -0.05) is 75.6 Å². The molecule has 0 bridgehead atoms. The predicted octanol–water partition coefficient (Wildman–Crippen LogP) is 6.47. The summed E-state index contributed by atoms with van der Waals surface area (Å²) in [6.07, 6.45) is 3.56. The summed E-state index contributed by atoms with van der Waals surface area (Å²) in [5, 5.41) is 0. The molecule has 188 valence electrons. The number of anilines is 1. The van der Waals surface area contributed by atoms with Crippen molar-refractivity contribution in [2.45, 2.75) is 52.0 Å². The second kappa shape index (κ2) is 10.4. The Hall–Kier alpha value is -3.19. The number of carbonyl (C=O) groups is 3. The van der Waals surface area contributed by atoms with E-state index in [0.717, 1.165) is 32.4 Å². The summed E-state index contributed by atoms with van der Waals surface area (Å²) in [6.45, 7) is 8.44. The van der Waals surface area contributed by atoms with Gasteiger partial charge in [-0.25, -0.2) is 9.69 Å². The highest BCUT2D eigenvalue weighted by molar-refractivity contribution is 9.10. The number of carbonyl (C=O) groups excluding carboxylic acids is 3. The SMILES string of the molecule is CC(C)=CCN1C(=O)[C@](CC=C(C)C)(CC(=O)N2C(=O)OC[C@@H]2c2ccccc2)c2ccc(Br)cc21. The Morgan fingerprint density at radius 2 is 1.75 bits per heavy atom. The molecule has 0 radical (unpaired) electrons. The number of imide groups is 1. The van der Waals surface area contributed by atoms with Crippen LogP contribution < -0.4 is 4.90 Å². The molecular formula is C29H31BrN2O4. The molecule has 1 fully saturated rings. The number of allylic oxidation sites excluding steroid dienone is 3. The zero-order chi connectivity index (χ0) is 26.0. The van der Waals surface area contributed by atoms with Crippen LogP contribution in [-0.4, -0.2) is 36.0 Å². The molecule has 2 aromatic carbocycles. The summed E-state index contributed by atoms with van der Waals surface area (Å²) in [7, 11) is 0. The van der Waals surface area contributed by atoms with Crippen LogP contribution in [0.3, 0.4) is 0 Å². The number of nitrogens with zero attached hydrogens (tertiary/aromatic N) is 2. The lowest BCUT2D eigenvalue weighted by Gasteiger charge is -2.30. The second-order valence-corrected chi connectivity index (χ2v) is 10.8. The third-order valence-corrected chi connectivity index (χ3v) is 7.23. The average molecular weight is 551 g/mol. The molecule has 36 heavy (non-hydrogen) atoms. The lowest BCUT2D eigenvalue weighted by Crippen LogP contribution is -2.45. The number of hydrogen-bond acceptors (Lipinski definition) is 4. The van der Waals surface area contributed by atoms with E-state index in [2.05, 4.69) is 15.9 Å². The van der Waals surface area contributed by atoms with Gasteiger partial charge in [0.05, 0.1) is 5.41 Å². The van der Waals surface area contributed by atoms with Gasteiger partial charge in [0.25, 0.3) is 0 Å². The molecule has 0 aliphatic carbocycles. The van der Waals surface area contributed by atoms with Gasteiger partial charge in [0.15, 0.2) is 0 Å². The average Bonchev–Trinajstić information content (AvgIpc) is 3.32. The monoisotopic (exact) mass is 550 g/mol. The van der Waals surface area contributed by atoms with Crippen molar-refractivity contribution in [1.82, 2.24) is 4.90 Å². The molecule has 0 N–H and O–H groups in total. The molecule has 4 rings (SSSR count). The Bertz CT molecular complexity index is 1250. The van der Waals surface area contributed by atoms with E-state index in [0.29, 0.717) is 13.0 Å². The van der Waals surface area contributed by atoms with Gasteiger partial charge in [0, 0.05) is 23.1 Å². The van der Waals surface area contributed by atoms with Crippen LogP contribution in [-0.2, 0) is 19.7 Å². The van der Waals surface area contributed by atoms with Crippen LogP contribution in [0.4, 0.5) is 10.5 Å². The molecule has 1 saturated heterocycles. The van der Waals surface area contributed by atoms with E-state index < -0.39 is 23.5 Å². The lowest BCUT2D eigenvalue weighted by atomic mass is 9.75. The summed E-state index contributed by atoms with van der Waals surface area (Å²) < 4.78 is 6.15. The minimum absolute atomic E-state index is 0.0970. The summed E-state index contributed by atoms with van der Waals surface area (Å²) >= 11 is 3.54. The van der Waals surface area contributed by atoms with Gasteiger partial charge in [-0.2, -0.15) is 0 Å². The molecular weight excluding hydrogens is 520 g/mol. The van der Waals surface area contributed by atoms with Crippen LogP contribution in [0, 0.1) is 0 Å². The maximum Gasteiger partial charge on any atom is 0.417 e. The van der Waals surface area contributed by atoms with Crippen molar-refractivity contribution in [2.24, 2.45) is 0 Å². The van der Waals surface area contributed by atoms with E-state index in [1.165, 1.54) is 4.90 Å². The maximum atomic E-state index is 14.2. The van der Waals surface area contributed by atoms with Crippen LogP contribution in [0.5, 0.6) is 0 Å². The van der Waals surface area contributed by atoms with Crippen LogP contribution in [0.15, 0.2) is 76.3 Å². The minimum Gasteiger partial charge on any atom is -0.446 e. The number of hydrogen-bond donors (Lipinski definition) is 0. The Labute approximate surface area is 220 Å². The Kier molecular flexibility index (Phi) is 7.50. The van der Waals surface area contributed by atoms with Crippen molar-refractivity contribution in [3.63, 3.8) is 0 Å². The van der Waals surface area contributed by atoms with Crippen molar-refractivity contribution in [2.75, 3.05) is 18.1 Å². The van der Waals surface area contributed by atoms with Crippen LogP contribution in [0.25, 0.3) is 0 Å². The van der Waals surface area contributed by atoms with E-state index in [1.54, 1.807) is 4.90 Å². The van der Waals surface area contributed by atoms with E-state index in [-0.39, 0.29) is 18.9 Å². The van der Waals surface area contributed by atoms with Crippen LogP contribution in [0.1, 0.15) is 57.7 Å². The number of cyclic esters (lactones) is 1. The Balaban J connectivity index is 1.78. The Morgan fingerprint density at radius 1 is 1.06 bits per heavy atom. The highest BCUT2D eigenvalue weighted by Crippen LogP contribution is 2.48. The topological polar surface area (TPSA) is 66.9 Å². The van der Waals surface area contributed by atoms with Gasteiger partial charge in [-0.05, 0) is 57.4 Å². The smallest absolute Gasteiger partial charge is 0.417 e. The quantitative estimate of drug-likeness (QED) is 0.370. The third kappa shape index (κ3) is 4.89. The summed E-state index contributed by atoms with van der Waals surface area (Å²) in [4.78, 5) is 43.7. The molecule has 2 aromatic rings. The first-order chi connectivity index (χ1) is 17.1. The van der Waals surface area contributed by atoms with Gasteiger partial charge < -0.3 is 9.64 Å². The van der Waals surface area contributed by atoms with Crippen molar-refractivity contribution < 1.29 is 19.1 Å². The standard InChI is InChI=1S/C29H31BrN2O4/c1-19(2)12-14-29(17-26(33)32-25(18-36-28(32)35)21-8-6-5-7-9-21)23-11-10-22(30)16-24(23)31(27(29)34)15-13-20(3)4/h5-13,16,25H,14-15,17-18H2,1-4H3/t25-,29-/m1/s1. The zero-order valence-corrected chi connectivity index (χ0v) is 22.7. The summed E-state index contributed by atoms with van der Waals surface area (Å²) in [6, 6.07) is 14.6. The molecule has 2 heterocycles. The van der Waals surface area contributed by atoms with Gasteiger partial charge in [-0.3, -0.25) is 9.59 Å². The lowest BCUT2D eigenvalue weighted by molar-refractivity contribution is -0.134. The molecule has 3 amide bonds. The number of fused-ring (bicyclic) bond motifs is 1. The van der Waals surface area contributed by atoms with Crippen LogP contribution >= 0.6 is 15.9 Å². The van der Waals surface area contributed by atoms with E-state index in [4.69, 9.17) is 4.74 Å². The van der Waals surface area contributed by atoms with Gasteiger partial charge in [-0.15, -0.1) is 0 Å². The highest BCUT2D eigenvalue weighted by Gasteiger charge is 2.53. The number of ether oxygens (including phenoxy) is 1.